The summed E-state index contributed by atoms with van der Waals surface area (Å²) in [5.41, 5.74) is 2.18. The van der Waals surface area contributed by atoms with Gasteiger partial charge in [0.25, 0.3) is 0 Å². The molecule has 1 heterocycles. The standard InChI is InChI=1S/C22H27ClN3.C5H5.Fe/c1-4-26(14-17-7-5-6-8-17)16-22(2,3)15-25-20-11-12-24-21-13-18(23)9-10-19(20)21;1-2-4-5-3-1;/h5-13H,4,14-16H2,1-3H3,(H,24,25);1-5H;/q;;+2. The first-order chi connectivity index (χ1) is 15.0. The van der Waals surface area contributed by atoms with Crippen LogP contribution in [0.25, 0.3) is 10.9 Å². The predicted octanol–water partition coefficient (Wildman–Crippen LogP) is 6.07. The Morgan fingerprint density at radius 1 is 0.969 bits per heavy atom. The normalized spacial score (nSPS) is 16.7. The van der Waals surface area contributed by atoms with Crippen molar-refractivity contribution < 1.29 is 17.1 Å². The van der Waals surface area contributed by atoms with Crippen LogP contribution in [0.5, 0.6) is 0 Å². The van der Waals surface area contributed by atoms with E-state index in [4.69, 9.17) is 11.6 Å². The number of aromatic nitrogens is 1. The third kappa shape index (κ3) is 8.86. The van der Waals surface area contributed by atoms with E-state index in [0.717, 1.165) is 42.8 Å². The summed E-state index contributed by atoms with van der Waals surface area (Å²) in [7, 11) is 0. The van der Waals surface area contributed by atoms with Crippen molar-refractivity contribution in [2.45, 2.75) is 20.8 Å². The SMILES string of the molecule is CCN(C[C]1[CH][CH][CH][CH]1)CC(C)(C)CNc1ccnc2cc(Cl)ccc12.[CH]1[CH][CH][CH][CH]1.[Fe+2]. The molecule has 1 aromatic carbocycles. The minimum atomic E-state index is 0. The zero-order chi connectivity index (χ0) is 22.1. The quantitative estimate of drug-likeness (QED) is 0.456. The number of halogens is 1. The molecular formula is C27H32ClFeN3+2. The summed E-state index contributed by atoms with van der Waals surface area (Å²) in [5.74, 6) is 1.38. The molecule has 0 saturated heterocycles. The molecule has 3 nitrogen and oxygen atoms in total. The van der Waals surface area contributed by atoms with Crippen LogP contribution >= 0.6 is 11.6 Å². The number of benzene rings is 1. The van der Waals surface area contributed by atoms with Crippen LogP contribution in [0.15, 0.2) is 30.5 Å². The topological polar surface area (TPSA) is 28.2 Å². The molecular weight excluding hydrogens is 458 g/mol. The van der Waals surface area contributed by atoms with Gasteiger partial charge in [-0.3, -0.25) is 4.98 Å². The van der Waals surface area contributed by atoms with Gasteiger partial charge in [-0.15, -0.1) is 0 Å². The Balaban J connectivity index is 0.000000534. The van der Waals surface area contributed by atoms with Crippen LogP contribution in [0, 0.1) is 69.1 Å². The fraction of sp³-hybridized carbons (Fsp3) is 0.296. The molecule has 0 unspecified atom stereocenters. The molecule has 0 bridgehead atoms. The summed E-state index contributed by atoms with van der Waals surface area (Å²) in [4.78, 5) is 6.92. The van der Waals surface area contributed by atoms with Crippen molar-refractivity contribution in [3.05, 3.63) is 99.2 Å². The van der Waals surface area contributed by atoms with Crippen LogP contribution in [0.2, 0.25) is 5.02 Å². The van der Waals surface area contributed by atoms with E-state index >= 15 is 0 Å². The van der Waals surface area contributed by atoms with Crippen molar-refractivity contribution in [2.75, 3.05) is 31.5 Å². The zero-order valence-corrected chi connectivity index (χ0v) is 20.9. The summed E-state index contributed by atoms with van der Waals surface area (Å²) in [6.07, 6.45) is 20.4. The minimum Gasteiger partial charge on any atom is -0.384 e. The van der Waals surface area contributed by atoms with Gasteiger partial charge in [0, 0.05) is 41.9 Å². The first-order valence-electron chi connectivity index (χ1n) is 10.8. The van der Waals surface area contributed by atoms with E-state index in [1.165, 1.54) is 5.92 Å². The van der Waals surface area contributed by atoms with Crippen molar-refractivity contribution in [2.24, 2.45) is 5.41 Å². The molecule has 32 heavy (non-hydrogen) atoms. The van der Waals surface area contributed by atoms with Crippen molar-refractivity contribution in [3.8, 4) is 0 Å². The number of anilines is 1. The molecule has 1 aromatic heterocycles. The maximum atomic E-state index is 6.09. The number of pyridine rings is 1. The summed E-state index contributed by atoms with van der Waals surface area (Å²) in [5, 5.41) is 5.45. The Hall–Kier alpha value is -0.801. The Labute approximate surface area is 211 Å². The van der Waals surface area contributed by atoms with E-state index in [-0.39, 0.29) is 22.5 Å². The van der Waals surface area contributed by atoms with Gasteiger partial charge in [0.2, 0.25) is 0 Å². The van der Waals surface area contributed by atoms with E-state index in [9.17, 15) is 0 Å². The molecule has 0 aliphatic heterocycles. The summed E-state index contributed by atoms with van der Waals surface area (Å²) >= 11 is 6.09. The number of fused-ring (bicyclic) bond motifs is 1. The van der Waals surface area contributed by atoms with E-state index in [2.05, 4.69) is 61.7 Å². The van der Waals surface area contributed by atoms with Crippen LogP contribution < -0.4 is 5.32 Å². The van der Waals surface area contributed by atoms with Gasteiger partial charge in [-0.25, -0.2) is 0 Å². The third-order valence-electron chi connectivity index (χ3n) is 5.25. The molecule has 1 N–H and O–H groups in total. The van der Waals surface area contributed by atoms with Gasteiger partial charge in [0.1, 0.15) is 0 Å². The van der Waals surface area contributed by atoms with Gasteiger partial charge in [0.05, 0.1) is 5.52 Å². The molecule has 0 atom stereocenters. The number of nitrogens with one attached hydrogen (secondary N) is 1. The van der Waals surface area contributed by atoms with Crippen molar-refractivity contribution in [1.29, 1.82) is 0 Å². The van der Waals surface area contributed by atoms with E-state index in [1.54, 1.807) is 0 Å². The summed E-state index contributed by atoms with van der Waals surface area (Å²) in [6.45, 7) is 10.8. The monoisotopic (exact) mass is 489 g/mol. The van der Waals surface area contributed by atoms with E-state index < -0.39 is 0 Å². The van der Waals surface area contributed by atoms with Crippen LogP contribution in [0.3, 0.4) is 0 Å². The van der Waals surface area contributed by atoms with Gasteiger partial charge < -0.3 is 10.2 Å². The van der Waals surface area contributed by atoms with Crippen LogP contribution in [-0.2, 0) is 17.1 Å². The van der Waals surface area contributed by atoms with E-state index in [0.29, 0.717) is 5.02 Å². The average molecular weight is 490 g/mol. The molecule has 0 amide bonds. The Kier molecular flexibility index (Phi) is 11.8. The van der Waals surface area contributed by atoms with Crippen LogP contribution in [0.1, 0.15) is 20.8 Å². The molecule has 2 aliphatic carbocycles. The van der Waals surface area contributed by atoms with Gasteiger partial charge in [0.15, 0.2) is 0 Å². The molecule has 2 aliphatic rings. The molecule has 5 heteroatoms. The second-order valence-corrected chi connectivity index (χ2v) is 9.03. The smallest absolute Gasteiger partial charge is 0.384 e. The Morgan fingerprint density at radius 2 is 1.62 bits per heavy atom. The first-order valence-corrected chi connectivity index (χ1v) is 11.2. The maximum absolute atomic E-state index is 6.09. The molecule has 2 aromatic rings. The molecule has 2 saturated carbocycles. The largest absolute Gasteiger partial charge is 2.00 e. The van der Waals surface area contributed by atoms with Crippen molar-refractivity contribution in [1.82, 2.24) is 9.88 Å². The van der Waals surface area contributed by atoms with Gasteiger partial charge in [-0.1, -0.05) is 32.4 Å². The van der Waals surface area contributed by atoms with Crippen molar-refractivity contribution in [3.63, 3.8) is 0 Å². The van der Waals surface area contributed by atoms with Gasteiger partial charge in [-0.05, 0) is 99.9 Å². The van der Waals surface area contributed by atoms with Crippen molar-refractivity contribution >= 4 is 28.2 Å². The average Bonchev–Trinajstić information content (AvgIpc) is 3.48. The van der Waals surface area contributed by atoms with Crippen LogP contribution in [0.4, 0.5) is 5.69 Å². The molecule has 0 spiro atoms. The number of hydrogen-bond acceptors (Lipinski definition) is 3. The second kappa shape index (κ2) is 13.8. The second-order valence-electron chi connectivity index (χ2n) is 8.60. The number of hydrogen-bond donors (Lipinski definition) is 1. The maximum Gasteiger partial charge on any atom is 2.00 e. The minimum absolute atomic E-state index is 0. The number of rotatable bonds is 8. The fourth-order valence-corrected chi connectivity index (χ4v) is 3.82. The van der Waals surface area contributed by atoms with Crippen LogP contribution in [-0.4, -0.2) is 36.1 Å². The number of nitrogens with zero attached hydrogens (tertiary/aromatic N) is 2. The Morgan fingerprint density at radius 3 is 2.25 bits per heavy atom. The molecule has 10 radical (unpaired) electrons. The zero-order valence-electron chi connectivity index (χ0n) is 19.0. The fourth-order valence-electron chi connectivity index (χ4n) is 3.65. The Bertz CT molecular complexity index is 793. The van der Waals surface area contributed by atoms with Gasteiger partial charge >= 0.3 is 17.1 Å². The molecule has 4 rings (SSSR count). The molecule has 2 fully saturated rings. The molecule has 168 valence electrons. The van der Waals surface area contributed by atoms with Gasteiger partial charge in [-0.2, -0.15) is 0 Å². The summed E-state index contributed by atoms with van der Waals surface area (Å²) < 4.78 is 0. The predicted molar refractivity (Wildman–Crippen MR) is 133 cm³/mol. The summed E-state index contributed by atoms with van der Waals surface area (Å²) in [6, 6.07) is 7.90. The van der Waals surface area contributed by atoms with E-state index in [1.807, 2.05) is 62.6 Å². The first kappa shape index (κ1) is 27.4. The third-order valence-corrected chi connectivity index (χ3v) is 5.49.